The number of benzene rings is 1. The van der Waals surface area contributed by atoms with E-state index in [9.17, 15) is 4.79 Å². The molecule has 0 spiro atoms. The standard InChI is InChI=1S/C11H10N2OS/c12-7-9-3-1-2-4-10(9)8-13-5-6-15-11(13)14/h1-4H,5-6,8H2. The number of nitriles is 1. The molecule has 1 saturated heterocycles. The lowest BCUT2D eigenvalue weighted by Gasteiger charge is -2.14. The van der Waals surface area contributed by atoms with Gasteiger partial charge < -0.3 is 4.90 Å². The van der Waals surface area contributed by atoms with Gasteiger partial charge in [-0.2, -0.15) is 5.26 Å². The van der Waals surface area contributed by atoms with Crippen molar-refractivity contribution in [3.8, 4) is 6.07 Å². The summed E-state index contributed by atoms with van der Waals surface area (Å²) in [5, 5.41) is 9.01. The van der Waals surface area contributed by atoms with Crippen LogP contribution in [0.2, 0.25) is 0 Å². The van der Waals surface area contributed by atoms with Gasteiger partial charge >= 0.3 is 0 Å². The van der Waals surface area contributed by atoms with Gasteiger partial charge in [0.1, 0.15) is 0 Å². The lowest BCUT2D eigenvalue weighted by atomic mass is 10.1. The molecule has 76 valence electrons. The van der Waals surface area contributed by atoms with E-state index in [0.717, 1.165) is 17.9 Å². The number of hydrogen-bond donors (Lipinski definition) is 0. The van der Waals surface area contributed by atoms with Gasteiger partial charge in [0.15, 0.2) is 0 Å². The van der Waals surface area contributed by atoms with E-state index in [1.165, 1.54) is 11.8 Å². The molecule has 15 heavy (non-hydrogen) atoms. The van der Waals surface area contributed by atoms with Gasteiger partial charge in [0.25, 0.3) is 5.24 Å². The third kappa shape index (κ3) is 2.13. The molecule has 3 nitrogen and oxygen atoms in total. The minimum absolute atomic E-state index is 0.114. The van der Waals surface area contributed by atoms with E-state index < -0.39 is 0 Å². The summed E-state index contributed by atoms with van der Waals surface area (Å²) >= 11 is 1.34. The van der Waals surface area contributed by atoms with Gasteiger partial charge in [0.05, 0.1) is 11.6 Å². The zero-order chi connectivity index (χ0) is 10.7. The molecule has 0 unspecified atom stereocenters. The molecule has 0 N–H and O–H groups in total. The van der Waals surface area contributed by atoms with Crippen LogP contribution in [0.4, 0.5) is 4.79 Å². The Morgan fingerprint density at radius 2 is 2.27 bits per heavy atom. The van der Waals surface area contributed by atoms with Crippen molar-refractivity contribution in [3.05, 3.63) is 35.4 Å². The number of hydrogen-bond acceptors (Lipinski definition) is 3. The van der Waals surface area contributed by atoms with Gasteiger partial charge in [0.2, 0.25) is 0 Å². The van der Waals surface area contributed by atoms with Gasteiger partial charge in [0, 0.05) is 18.8 Å². The van der Waals surface area contributed by atoms with Crippen LogP contribution in [0, 0.1) is 11.3 Å². The largest absolute Gasteiger partial charge is 0.328 e. The van der Waals surface area contributed by atoms with Gasteiger partial charge in [-0.3, -0.25) is 4.79 Å². The summed E-state index contributed by atoms with van der Waals surface area (Å²) in [6.07, 6.45) is 0. The van der Waals surface area contributed by atoms with Gasteiger partial charge in [-0.1, -0.05) is 30.0 Å². The number of carbonyl (C=O) groups excluding carboxylic acids is 1. The Balaban J connectivity index is 2.17. The molecule has 1 aliphatic heterocycles. The molecule has 1 aromatic carbocycles. The van der Waals surface area contributed by atoms with Crippen LogP contribution in [0.5, 0.6) is 0 Å². The van der Waals surface area contributed by atoms with Crippen molar-refractivity contribution in [1.29, 1.82) is 5.26 Å². The lowest BCUT2D eigenvalue weighted by Crippen LogP contribution is -2.22. The average molecular weight is 218 g/mol. The minimum Gasteiger partial charge on any atom is -0.328 e. The van der Waals surface area contributed by atoms with Crippen LogP contribution in [-0.2, 0) is 6.54 Å². The van der Waals surface area contributed by atoms with Crippen LogP contribution in [-0.4, -0.2) is 22.4 Å². The molecule has 0 saturated carbocycles. The van der Waals surface area contributed by atoms with Crippen LogP contribution >= 0.6 is 11.8 Å². The zero-order valence-electron chi connectivity index (χ0n) is 8.14. The maximum absolute atomic E-state index is 11.4. The Morgan fingerprint density at radius 3 is 2.93 bits per heavy atom. The third-order valence-corrected chi connectivity index (χ3v) is 3.24. The maximum atomic E-state index is 11.4. The second-order valence-corrected chi connectivity index (χ2v) is 4.35. The van der Waals surface area contributed by atoms with E-state index in [2.05, 4.69) is 6.07 Å². The summed E-state index contributed by atoms with van der Waals surface area (Å²) in [5.74, 6) is 0.855. The van der Waals surface area contributed by atoms with E-state index in [1.54, 1.807) is 11.0 Å². The second-order valence-electron chi connectivity index (χ2n) is 3.30. The van der Waals surface area contributed by atoms with E-state index in [-0.39, 0.29) is 5.24 Å². The second kappa shape index (κ2) is 4.37. The quantitative estimate of drug-likeness (QED) is 0.764. The highest BCUT2D eigenvalue weighted by Crippen LogP contribution is 2.20. The predicted molar refractivity (Wildman–Crippen MR) is 59.4 cm³/mol. The normalized spacial score (nSPS) is 15.4. The summed E-state index contributed by atoms with van der Waals surface area (Å²) in [4.78, 5) is 13.2. The molecule has 1 fully saturated rings. The molecule has 0 aliphatic carbocycles. The van der Waals surface area contributed by atoms with E-state index in [4.69, 9.17) is 5.26 Å². The van der Waals surface area contributed by atoms with Crippen molar-refractivity contribution >= 4 is 17.0 Å². The lowest BCUT2D eigenvalue weighted by molar-refractivity contribution is 0.228. The van der Waals surface area contributed by atoms with Crippen molar-refractivity contribution in [2.24, 2.45) is 0 Å². The molecule has 0 atom stereocenters. The molecule has 4 heteroatoms. The Labute approximate surface area is 92.7 Å². The fourth-order valence-electron chi connectivity index (χ4n) is 1.54. The van der Waals surface area contributed by atoms with E-state index in [1.807, 2.05) is 18.2 Å². The fraction of sp³-hybridized carbons (Fsp3) is 0.273. The molecular weight excluding hydrogens is 208 g/mol. The van der Waals surface area contributed by atoms with Crippen LogP contribution in [0.3, 0.4) is 0 Å². The van der Waals surface area contributed by atoms with Crippen molar-refractivity contribution < 1.29 is 4.79 Å². The Bertz CT molecular complexity index is 425. The van der Waals surface area contributed by atoms with E-state index >= 15 is 0 Å². The summed E-state index contributed by atoms with van der Waals surface area (Å²) in [7, 11) is 0. The molecule has 0 radical (unpaired) electrons. The van der Waals surface area contributed by atoms with Crippen LogP contribution < -0.4 is 0 Å². The molecular formula is C11H10N2OS. The number of rotatable bonds is 2. The average Bonchev–Trinajstić information content (AvgIpc) is 2.65. The zero-order valence-corrected chi connectivity index (χ0v) is 8.96. The third-order valence-electron chi connectivity index (χ3n) is 2.34. The Morgan fingerprint density at radius 1 is 1.47 bits per heavy atom. The number of nitrogens with zero attached hydrogens (tertiary/aromatic N) is 2. The summed E-state index contributed by atoms with van der Waals surface area (Å²) in [6, 6.07) is 9.55. The fourth-order valence-corrected chi connectivity index (χ4v) is 2.37. The first kappa shape index (κ1) is 10.1. The van der Waals surface area contributed by atoms with Gasteiger partial charge in [-0.15, -0.1) is 0 Å². The van der Waals surface area contributed by atoms with Crippen molar-refractivity contribution in [1.82, 2.24) is 4.90 Å². The maximum Gasteiger partial charge on any atom is 0.282 e. The molecule has 1 heterocycles. The summed E-state index contributed by atoms with van der Waals surface area (Å²) < 4.78 is 0. The molecule has 1 amide bonds. The Hall–Kier alpha value is -1.47. The predicted octanol–water partition coefficient (Wildman–Crippen LogP) is 2.23. The van der Waals surface area contributed by atoms with Crippen molar-refractivity contribution in [2.45, 2.75) is 6.54 Å². The first-order valence-electron chi connectivity index (χ1n) is 4.71. The topological polar surface area (TPSA) is 44.1 Å². The molecule has 1 aromatic rings. The van der Waals surface area contributed by atoms with Crippen LogP contribution in [0.15, 0.2) is 24.3 Å². The Kier molecular flexibility index (Phi) is 2.93. The van der Waals surface area contributed by atoms with Crippen molar-refractivity contribution in [3.63, 3.8) is 0 Å². The molecule has 0 bridgehead atoms. The summed E-state index contributed by atoms with van der Waals surface area (Å²) in [6.45, 7) is 1.33. The smallest absolute Gasteiger partial charge is 0.282 e. The van der Waals surface area contributed by atoms with Gasteiger partial charge in [-0.25, -0.2) is 0 Å². The first-order chi connectivity index (χ1) is 7.31. The first-order valence-corrected chi connectivity index (χ1v) is 5.69. The number of amides is 1. The SMILES string of the molecule is N#Cc1ccccc1CN1CCSC1=O. The molecule has 2 rings (SSSR count). The molecule has 0 aromatic heterocycles. The minimum atomic E-state index is 0.114. The van der Waals surface area contributed by atoms with Crippen LogP contribution in [0.25, 0.3) is 0 Å². The van der Waals surface area contributed by atoms with Gasteiger partial charge in [-0.05, 0) is 11.6 Å². The van der Waals surface area contributed by atoms with Crippen LogP contribution in [0.1, 0.15) is 11.1 Å². The highest BCUT2D eigenvalue weighted by molar-refractivity contribution is 8.13. The number of carbonyl (C=O) groups is 1. The monoisotopic (exact) mass is 218 g/mol. The highest BCUT2D eigenvalue weighted by atomic mass is 32.2. The summed E-state index contributed by atoms with van der Waals surface area (Å²) in [5.41, 5.74) is 1.58. The molecule has 1 aliphatic rings. The number of thioether (sulfide) groups is 1. The highest BCUT2D eigenvalue weighted by Gasteiger charge is 2.21. The van der Waals surface area contributed by atoms with E-state index in [0.29, 0.717) is 12.1 Å². The van der Waals surface area contributed by atoms with Crippen molar-refractivity contribution in [2.75, 3.05) is 12.3 Å².